The van der Waals surface area contributed by atoms with E-state index in [-0.39, 0.29) is 16.9 Å². The molecule has 1 aromatic heterocycles. The fraction of sp³-hybridized carbons (Fsp3) is 0.400. The molecule has 3 rings (SSSR count). The first-order valence-corrected chi connectivity index (χ1v) is 8.59. The molecule has 1 amide bonds. The molecule has 1 aromatic carbocycles. The summed E-state index contributed by atoms with van der Waals surface area (Å²) < 4.78 is 1.60. The van der Waals surface area contributed by atoms with Crippen LogP contribution in [0.25, 0.3) is 0 Å². The third-order valence-electron chi connectivity index (χ3n) is 5.04. The summed E-state index contributed by atoms with van der Waals surface area (Å²) in [6.07, 6.45) is 3.75. The SMILES string of the molecule is CCn1ccc(C(=O)N2CCCC(C)(c3ccccc3)C2)cc1=O. The summed E-state index contributed by atoms with van der Waals surface area (Å²) in [6.45, 7) is 6.18. The van der Waals surface area contributed by atoms with Crippen molar-refractivity contribution in [2.75, 3.05) is 13.1 Å². The van der Waals surface area contributed by atoms with Crippen LogP contribution in [0, 0.1) is 0 Å². The number of amides is 1. The Balaban J connectivity index is 1.83. The van der Waals surface area contributed by atoms with Gasteiger partial charge in [-0.3, -0.25) is 9.59 Å². The Labute approximate surface area is 142 Å². The molecule has 0 bridgehead atoms. The first kappa shape index (κ1) is 16.5. The number of benzene rings is 1. The van der Waals surface area contributed by atoms with Gasteiger partial charge in [0.25, 0.3) is 11.5 Å². The number of likely N-dealkylation sites (tertiary alicyclic amines) is 1. The van der Waals surface area contributed by atoms with Gasteiger partial charge in [0, 0.05) is 42.9 Å². The molecule has 4 nitrogen and oxygen atoms in total. The number of hydrogen-bond donors (Lipinski definition) is 0. The van der Waals surface area contributed by atoms with E-state index in [1.165, 1.54) is 11.6 Å². The van der Waals surface area contributed by atoms with Gasteiger partial charge in [-0.15, -0.1) is 0 Å². The Bertz CT molecular complexity index is 782. The highest BCUT2D eigenvalue weighted by Gasteiger charge is 2.34. The second kappa shape index (κ2) is 6.63. The zero-order chi connectivity index (χ0) is 17.2. The van der Waals surface area contributed by atoms with Gasteiger partial charge in [0.15, 0.2) is 0 Å². The van der Waals surface area contributed by atoms with E-state index >= 15 is 0 Å². The van der Waals surface area contributed by atoms with E-state index in [0.29, 0.717) is 18.7 Å². The van der Waals surface area contributed by atoms with Crippen molar-refractivity contribution in [3.63, 3.8) is 0 Å². The molecule has 24 heavy (non-hydrogen) atoms. The molecule has 1 aliphatic rings. The molecule has 126 valence electrons. The Morgan fingerprint density at radius 1 is 1.21 bits per heavy atom. The van der Waals surface area contributed by atoms with Crippen LogP contribution in [-0.4, -0.2) is 28.5 Å². The number of pyridine rings is 1. The highest BCUT2D eigenvalue weighted by Crippen LogP contribution is 2.33. The average Bonchev–Trinajstić information content (AvgIpc) is 2.62. The van der Waals surface area contributed by atoms with E-state index in [0.717, 1.165) is 19.4 Å². The number of nitrogens with zero attached hydrogens (tertiary/aromatic N) is 2. The number of rotatable bonds is 3. The van der Waals surface area contributed by atoms with Crippen LogP contribution >= 0.6 is 0 Å². The topological polar surface area (TPSA) is 42.3 Å². The standard InChI is InChI=1S/C20H24N2O2/c1-3-21-13-10-16(14-18(21)23)19(24)22-12-7-11-20(2,15-22)17-8-5-4-6-9-17/h4-6,8-10,13-14H,3,7,11-12,15H2,1-2H3. The Hall–Kier alpha value is -2.36. The van der Waals surface area contributed by atoms with Crippen molar-refractivity contribution in [2.24, 2.45) is 0 Å². The van der Waals surface area contributed by atoms with Gasteiger partial charge in [-0.2, -0.15) is 0 Å². The highest BCUT2D eigenvalue weighted by molar-refractivity contribution is 5.94. The second-order valence-corrected chi connectivity index (χ2v) is 6.80. The van der Waals surface area contributed by atoms with E-state index in [2.05, 4.69) is 19.1 Å². The fourth-order valence-electron chi connectivity index (χ4n) is 3.57. The lowest BCUT2D eigenvalue weighted by atomic mass is 9.76. The monoisotopic (exact) mass is 324 g/mol. The smallest absolute Gasteiger partial charge is 0.254 e. The van der Waals surface area contributed by atoms with Crippen LogP contribution in [0.15, 0.2) is 53.5 Å². The van der Waals surface area contributed by atoms with Crippen LogP contribution in [0.2, 0.25) is 0 Å². The van der Waals surface area contributed by atoms with Crippen molar-refractivity contribution in [1.29, 1.82) is 0 Å². The predicted molar refractivity (Wildman–Crippen MR) is 95.3 cm³/mol. The van der Waals surface area contributed by atoms with Crippen LogP contribution < -0.4 is 5.56 Å². The number of aryl methyl sites for hydroxylation is 1. The quantitative estimate of drug-likeness (QED) is 0.871. The fourth-order valence-corrected chi connectivity index (χ4v) is 3.57. The van der Waals surface area contributed by atoms with Crippen LogP contribution in [0.1, 0.15) is 42.6 Å². The van der Waals surface area contributed by atoms with Crippen molar-refractivity contribution in [2.45, 2.75) is 38.6 Å². The van der Waals surface area contributed by atoms with Gasteiger partial charge >= 0.3 is 0 Å². The molecule has 1 atom stereocenters. The summed E-state index contributed by atoms with van der Waals surface area (Å²) >= 11 is 0. The summed E-state index contributed by atoms with van der Waals surface area (Å²) in [6, 6.07) is 13.6. The number of carbonyl (C=O) groups excluding carboxylic acids is 1. The third-order valence-corrected chi connectivity index (χ3v) is 5.04. The summed E-state index contributed by atoms with van der Waals surface area (Å²) in [5, 5.41) is 0. The molecule has 2 heterocycles. The van der Waals surface area contributed by atoms with E-state index in [9.17, 15) is 9.59 Å². The van der Waals surface area contributed by atoms with Crippen molar-refractivity contribution in [3.8, 4) is 0 Å². The van der Waals surface area contributed by atoms with Crippen molar-refractivity contribution in [3.05, 3.63) is 70.1 Å². The maximum absolute atomic E-state index is 12.8. The Kier molecular flexibility index (Phi) is 4.56. The van der Waals surface area contributed by atoms with Gasteiger partial charge in [-0.25, -0.2) is 0 Å². The lowest BCUT2D eigenvalue weighted by molar-refractivity contribution is 0.0650. The minimum atomic E-state index is -0.119. The van der Waals surface area contributed by atoms with E-state index < -0.39 is 0 Å². The minimum absolute atomic E-state index is 0.0342. The molecule has 0 N–H and O–H groups in total. The van der Waals surface area contributed by atoms with Crippen LogP contribution in [0.4, 0.5) is 0 Å². The van der Waals surface area contributed by atoms with Gasteiger partial charge in [0.05, 0.1) is 0 Å². The van der Waals surface area contributed by atoms with Gasteiger partial charge in [0.1, 0.15) is 0 Å². The van der Waals surface area contributed by atoms with Gasteiger partial charge in [-0.05, 0) is 31.4 Å². The third kappa shape index (κ3) is 3.14. The van der Waals surface area contributed by atoms with Crippen LogP contribution in [-0.2, 0) is 12.0 Å². The summed E-state index contributed by atoms with van der Waals surface area (Å²) in [7, 11) is 0. The van der Waals surface area contributed by atoms with Crippen molar-refractivity contribution < 1.29 is 4.79 Å². The van der Waals surface area contributed by atoms with E-state index in [4.69, 9.17) is 0 Å². The second-order valence-electron chi connectivity index (χ2n) is 6.80. The predicted octanol–water partition coefficient (Wildman–Crippen LogP) is 3.06. The molecule has 0 saturated carbocycles. The molecule has 1 unspecified atom stereocenters. The van der Waals surface area contributed by atoms with Gasteiger partial charge < -0.3 is 9.47 Å². The maximum Gasteiger partial charge on any atom is 0.254 e. The summed E-state index contributed by atoms with van der Waals surface area (Å²) in [5.41, 5.74) is 1.60. The average molecular weight is 324 g/mol. The number of carbonyl (C=O) groups is 1. The van der Waals surface area contributed by atoms with E-state index in [1.54, 1.807) is 16.8 Å². The van der Waals surface area contributed by atoms with Crippen LogP contribution in [0.5, 0.6) is 0 Å². The Morgan fingerprint density at radius 2 is 1.96 bits per heavy atom. The maximum atomic E-state index is 12.8. The molecule has 2 aromatic rings. The molecule has 0 radical (unpaired) electrons. The molecule has 1 saturated heterocycles. The lowest BCUT2D eigenvalue weighted by Gasteiger charge is -2.41. The molecule has 4 heteroatoms. The normalized spacial score (nSPS) is 20.8. The first-order valence-electron chi connectivity index (χ1n) is 8.59. The van der Waals surface area contributed by atoms with E-state index in [1.807, 2.05) is 30.0 Å². The molecule has 0 aliphatic carbocycles. The number of aromatic nitrogens is 1. The van der Waals surface area contributed by atoms with Gasteiger partial charge in [0.2, 0.25) is 0 Å². The summed E-state index contributed by atoms with van der Waals surface area (Å²) in [4.78, 5) is 26.7. The highest BCUT2D eigenvalue weighted by atomic mass is 16.2. The minimum Gasteiger partial charge on any atom is -0.338 e. The molecule has 1 fully saturated rings. The largest absolute Gasteiger partial charge is 0.338 e. The summed E-state index contributed by atoms with van der Waals surface area (Å²) in [5.74, 6) is -0.0443. The van der Waals surface area contributed by atoms with Crippen molar-refractivity contribution in [1.82, 2.24) is 9.47 Å². The van der Waals surface area contributed by atoms with Crippen LogP contribution in [0.3, 0.4) is 0 Å². The molecule has 0 spiro atoms. The zero-order valence-electron chi connectivity index (χ0n) is 14.4. The molecular weight excluding hydrogens is 300 g/mol. The lowest BCUT2D eigenvalue weighted by Crippen LogP contribution is -2.47. The molecule has 1 aliphatic heterocycles. The van der Waals surface area contributed by atoms with Gasteiger partial charge in [-0.1, -0.05) is 37.3 Å². The molecular formula is C20H24N2O2. The first-order chi connectivity index (χ1) is 11.5. The van der Waals surface area contributed by atoms with Crippen molar-refractivity contribution >= 4 is 5.91 Å². The number of hydrogen-bond acceptors (Lipinski definition) is 2. The Morgan fingerprint density at radius 3 is 2.62 bits per heavy atom. The zero-order valence-corrected chi connectivity index (χ0v) is 14.4. The number of piperidine rings is 1.